The number of carbonyl (C=O) groups excluding carboxylic acids is 3. The molecule has 0 spiro atoms. The van der Waals surface area contributed by atoms with Crippen LogP contribution >= 0.6 is 23.4 Å². The summed E-state index contributed by atoms with van der Waals surface area (Å²) in [6.45, 7) is 3.93. The number of hydrogen-bond acceptors (Lipinski definition) is 7. The van der Waals surface area contributed by atoms with E-state index in [1.54, 1.807) is 55.5 Å². The number of anilines is 1. The van der Waals surface area contributed by atoms with Crippen LogP contribution in [0, 0.1) is 0 Å². The van der Waals surface area contributed by atoms with Crippen molar-refractivity contribution in [3.05, 3.63) is 58.0 Å². The van der Waals surface area contributed by atoms with Crippen molar-refractivity contribution in [2.24, 2.45) is 0 Å². The summed E-state index contributed by atoms with van der Waals surface area (Å²) in [7, 11) is 0. The Balaban J connectivity index is 1.82. The van der Waals surface area contributed by atoms with Crippen LogP contribution in [0.4, 0.5) is 10.5 Å². The van der Waals surface area contributed by atoms with Crippen molar-refractivity contribution in [1.29, 1.82) is 0 Å². The molecule has 1 heterocycles. The van der Waals surface area contributed by atoms with E-state index in [0.717, 1.165) is 16.7 Å². The van der Waals surface area contributed by atoms with E-state index in [-0.39, 0.29) is 18.1 Å². The first-order chi connectivity index (χ1) is 14.9. The highest BCUT2D eigenvalue weighted by molar-refractivity contribution is 8.19. The summed E-state index contributed by atoms with van der Waals surface area (Å²) in [6, 6.07) is 11.6. The van der Waals surface area contributed by atoms with Crippen molar-refractivity contribution in [2.75, 3.05) is 24.7 Å². The quantitative estimate of drug-likeness (QED) is 0.407. The second-order valence-electron chi connectivity index (χ2n) is 6.23. The van der Waals surface area contributed by atoms with Gasteiger partial charge in [0.2, 0.25) is 0 Å². The topological polar surface area (TPSA) is 82.1 Å². The predicted molar refractivity (Wildman–Crippen MR) is 120 cm³/mol. The Morgan fingerprint density at radius 1 is 1.06 bits per heavy atom. The second-order valence-corrected chi connectivity index (χ2v) is 7.66. The number of ether oxygens (including phenoxy) is 3. The third kappa shape index (κ3) is 5.59. The number of benzene rings is 2. The lowest BCUT2D eigenvalue weighted by Gasteiger charge is -2.13. The Kier molecular flexibility index (Phi) is 7.59. The van der Waals surface area contributed by atoms with Crippen LogP contribution in [-0.2, 0) is 14.3 Å². The lowest BCUT2D eigenvalue weighted by atomic mass is 10.1. The molecule has 0 radical (unpaired) electrons. The van der Waals surface area contributed by atoms with Crippen LogP contribution in [0.15, 0.2) is 47.4 Å². The van der Waals surface area contributed by atoms with E-state index in [9.17, 15) is 14.4 Å². The molecule has 31 heavy (non-hydrogen) atoms. The van der Waals surface area contributed by atoms with Gasteiger partial charge < -0.3 is 14.2 Å². The van der Waals surface area contributed by atoms with Crippen molar-refractivity contribution in [3.8, 4) is 11.5 Å². The van der Waals surface area contributed by atoms with Gasteiger partial charge in [0.15, 0.2) is 18.1 Å². The zero-order valence-electron chi connectivity index (χ0n) is 16.9. The first kappa shape index (κ1) is 22.7. The monoisotopic (exact) mass is 461 g/mol. The largest absolute Gasteiger partial charge is 0.490 e. The molecule has 0 aromatic heterocycles. The van der Waals surface area contributed by atoms with Crippen LogP contribution in [0.5, 0.6) is 11.5 Å². The Hall–Kier alpha value is -2.97. The molecule has 0 aliphatic carbocycles. The molecule has 0 bridgehead atoms. The molecule has 0 saturated carbocycles. The highest BCUT2D eigenvalue weighted by atomic mass is 35.5. The lowest BCUT2D eigenvalue weighted by Crippen LogP contribution is -2.27. The van der Waals surface area contributed by atoms with Crippen molar-refractivity contribution < 1.29 is 28.6 Å². The summed E-state index contributed by atoms with van der Waals surface area (Å²) in [4.78, 5) is 38.1. The SMILES string of the molecule is CCOC(=O)COc1ccc(/C=C2/SC(=O)N(c3cccc(Cl)c3)C2=O)cc1OCC. The molecule has 0 unspecified atom stereocenters. The van der Waals surface area contributed by atoms with Gasteiger partial charge in [0.1, 0.15) is 0 Å². The van der Waals surface area contributed by atoms with Gasteiger partial charge in [0.05, 0.1) is 23.8 Å². The summed E-state index contributed by atoms with van der Waals surface area (Å²) >= 11 is 6.83. The molecule has 1 aliphatic rings. The molecule has 2 aromatic rings. The van der Waals surface area contributed by atoms with Crippen LogP contribution in [-0.4, -0.2) is 36.9 Å². The van der Waals surface area contributed by atoms with Crippen LogP contribution in [0.3, 0.4) is 0 Å². The van der Waals surface area contributed by atoms with E-state index in [2.05, 4.69) is 0 Å². The number of amides is 2. The molecule has 1 aliphatic heterocycles. The molecular weight excluding hydrogens is 442 g/mol. The van der Waals surface area contributed by atoms with E-state index >= 15 is 0 Å². The average molecular weight is 462 g/mol. The molecule has 7 nitrogen and oxygen atoms in total. The van der Waals surface area contributed by atoms with Crippen LogP contribution in [0.2, 0.25) is 5.02 Å². The molecule has 3 rings (SSSR count). The Labute approximate surface area is 188 Å². The summed E-state index contributed by atoms with van der Waals surface area (Å²) in [6.07, 6.45) is 1.60. The molecule has 9 heteroatoms. The zero-order valence-corrected chi connectivity index (χ0v) is 18.5. The van der Waals surface area contributed by atoms with Crippen molar-refractivity contribution >= 4 is 52.2 Å². The summed E-state index contributed by atoms with van der Waals surface area (Å²) < 4.78 is 15.9. The van der Waals surface area contributed by atoms with E-state index in [4.69, 9.17) is 25.8 Å². The molecule has 1 fully saturated rings. The molecule has 2 amide bonds. The second kappa shape index (κ2) is 10.4. The number of esters is 1. The Morgan fingerprint density at radius 3 is 2.58 bits per heavy atom. The van der Waals surface area contributed by atoms with E-state index in [1.807, 2.05) is 6.92 Å². The first-order valence-electron chi connectivity index (χ1n) is 9.51. The van der Waals surface area contributed by atoms with Gasteiger partial charge in [0.25, 0.3) is 11.1 Å². The number of hydrogen-bond donors (Lipinski definition) is 0. The molecule has 2 aromatic carbocycles. The van der Waals surface area contributed by atoms with Gasteiger partial charge in [-0.2, -0.15) is 0 Å². The molecular formula is C22H20ClNO6S. The standard InChI is InChI=1S/C22H20ClNO6S/c1-3-28-18-10-14(8-9-17(18)30-13-20(25)29-4-2)11-19-21(26)24(22(27)31-19)16-7-5-6-15(23)12-16/h5-12H,3-4,13H2,1-2H3/b19-11+. The Morgan fingerprint density at radius 2 is 1.87 bits per heavy atom. The van der Waals surface area contributed by atoms with E-state index < -0.39 is 17.1 Å². The number of nitrogens with zero attached hydrogens (tertiary/aromatic N) is 1. The highest BCUT2D eigenvalue weighted by Crippen LogP contribution is 2.37. The van der Waals surface area contributed by atoms with Crippen molar-refractivity contribution in [2.45, 2.75) is 13.8 Å². The van der Waals surface area contributed by atoms with Crippen LogP contribution in [0.25, 0.3) is 6.08 Å². The summed E-state index contributed by atoms with van der Waals surface area (Å²) in [5.41, 5.74) is 1.06. The van der Waals surface area contributed by atoms with E-state index in [1.165, 1.54) is 0 Å². The minimum Gasteiger partial charge on any atom is -0.490 e. The molecule has 1 saturated heterocycles. The fourth-order valence-electron chi connectivity index (χ4n) is 2.80. The van der Waals surface area contributed by atoms with Crippen molar-refractivity contribution in [1.82, 2.24) is 0 Å². The number of carbonyl (C=O) groups is 3. The zero-order chi connectivity index (χ0) is 22.4. The average Bonchev–Trinajstić information content (AvgIpc) is 3.01. The number of imide groups is 1. The van der Waals surface area contributed by atoms with Crippen molar-refractivity contribution in [3.63, 3.8) is 0 Å². The third-order valence-corrected chi connectivity index (χ3v) is 5.18. The predicted octanol–water partition coefficient (Wildman–Crippen LogP) is 4.92. The van der Waals surface area contributed by atoms with Gasteiger partial charge in [-0.1, -0.05) is 23.7 Å². The third-order valence-electron chi connectivity index (χ3n) is 4.08. The first-order valence-corrected chi connectivity index (χ1v) is 10.7. The van der Waals surface area contributed by atoms with Crippen LogP contribution in [0.1, 0.15) is 19.4 Å². The maximum Gasteiger partial charge on any atom is 0.344 e. The fraction of sp³-hybridized carbons (Fsp3) is 0.227. The van der Waals surface area contributed by atoms with Gasteiger partial charge in [-0.3, -0.25) is 9.59 Å². The van der Waals surface area contributed by atoms with Gasteiger partial charge in [-0.05, 0) is 67.6 Å². The van der Waals surface area contributed by atoms with Gasteiger partial charge >= 0.3 is 5.97 Å². The molecule has 0 atom stereocenters. The minimum atomic E-state index is -0.483. The summed E-state index contributed by atoms with van der Waals surface area (Å²) in [5, 5.41) is 0.0261. The number of rotatable bonds is 8. The van der Waals surface area contributed by atoms with Gasteiger partial charge in [-0.15, -0.1) is 0 Å². The maximum atomic E-state index is 12.8. The minimum absolute atomic E-state index is 0.244. The van der Waals surface area contributed by atoms with E-state index in [0.29, 0.717) is 34.4 Å². The molecule has 162 valence electrons. The number of thioether (sulfide) groups is 1. The number of halogens is 1. The molecule has 0 N–H and O–H groups in total. The van der Waals surface area contributed by atoms with Crippen LogP contribution < -0.4 is 14.4 Å². The van der Waals surface area contributed by atoms with Gasteiger partial charge in [0, 0.05) is 5.02 Å². The van der Waals surface area contributed by atoms with Gasteiger partial charge in [-0.25, -0.2) is 9.69 Å². The highest BCUT2D eigenvalue weighted by Gasteiger charge is 2.36. The summed E-state index contributed by atoms with van der Waals surface area (Å²) in [5.74, 6) is -0.129. The lowest BCUT2D eigenvalue weighted by molar-refractivity contribution is -0.145. The normalized spacial score (nSPS) is 14.8. The smallest absolute Gasteiger partial charge is 0.344 e. The fourth-order valence-corrected chi connectivity index (χ4v) is 3.82. The Bertz CT molecular complexity index is 1040. The maximum absolute atomic E-state index is 12.8.